The van der Waals surface area contributed by atoms with Crippen LogP contribution in [0.1, 0.15) is 12.8 Å². The second kappa shape index (κ2) is 2.62. The molecule has 11 heavy (non-hydrogen) atoms. The average molecular weight is 173 g/mol. The number of nitrogens with one attached hydrogen (secondary N) is 1. The molecule has 4 heteroatoms. The topological polar surface area (TPSA) is 18.5 Å². The van der Waals surface area contributed by atoms with Gasteiger partial charge in [0.1, 0.15) is 0 Å². The van der Waals surface area contributed by atoms with Gasteiger partial charge in [-0.05, 0) is 26.4 Å². The first-order valence-electron chi connectivity index (χ1n) is 4.14. The first-order valence-corrected chi connectivity index (χ1v) is 4.54. The molecule has 0 amide bonds. The first-order chi connectivity index (χ1) is 5.23. The number of piperidine rings is 1. The Kier molecular flexibility index (Phi) is 1.87. The van der Waals surface area contributed by atoms with Gasteiger partial charge >= 0.3 is 0 Å². The summed E-state index contributed by atoms with van der Waals surface area (Å²) in [5.74, 6) is 0. The second-order valence-corrected chi connectivity index (χ2v) is 4.11. The van der Waals surface area contributed by atoms with Gasteiger partial charge in [0, 0.05) is 13.1 Å². The molecule has 0 bridgehead atoms. The lowest BCUT2D eigenvalue weighted by atomic mass is 9.87. The van der Waals surface area contributed by atoms with Gasteiger partial charge in [-0.15, -0.1) is 0 Å². The van der Waals surface area contributed by atoms with Gasteiger partial charge in [-0.3, -0.25) is 0 Å². The number of rotatable bonds is 0. The molecular weight excluding hydrogens is 158 g/mol. The summed E-state index contributed by atoms with van der Waals surface area (Å²) >= 11 is 4.35. The van der Waals surface area contributed by atoms with E-state index in [0.717, 1.165) is 13.1 Å². The van der Waals surface area contributed by atoms with Crippen molar-refractivity contribution in [2.45, 2.75) is 18.4 Å². The molecule has 2 rings (SSSR count). The summed E-state index contributed by atoms with van der Waals surface area (Å²) < 4.78 is 1.97. The van der Waals surface area contributed by atoms with Crippen LogP contribution in [-0.4, -0.2) is 41.5 Å². The first kappa shape index (κ1) is 7.86. The Balaban J connectivity index is 2.01. The zero-order valence-corrected chi connectivity index (χ0v) is 7.77. The van der Waals surface area contributed by atoms with Crippen LogP contribution in [0.15, 0.2) is 0 Å². The molecule has 2 aliphatic rings. The van der Waals surface area contributed by atoms with Crippen molar-refractivity contribution >= 4 is 12.8 Å². The van der Waals surface area contributed by atoms with Crippen LogP contribution in [0, 0.1) is 0 Å². The fraction of sp³-hybridized carbons (Fsp3) is 1.00. The molecule has 3 nitrogen and oxygen atoms in total. The van der Waals surface area contributed by atoms with Crippen LogP contribution in [-0.2, 0) is 0 Å². The molecule has 0 aromatic rings. The molecule has 2 fully saturated rings. The van der Waals surface area contributed by atoms with Gasteiger partial charge in [0.2, 0.25) is 0 Å². The Morgan fingerprint density at radius 2 is 2.36 bits per heavy atom. The van der Waals surface area contributed by atoms with E-state index < -0.39 is 0 Å². The maximum absolute atomic E-state index is 4.35. The molecule has 2 heterocycles. The molecule has 2 aliphatic heterocycles. The largest absolute Gasteiger partial charge is 0.304 e. The van der Waals surface area contributed by atoms with E-state index in [-0.39, 0.29) is 0 Å². The molecule has 1 unspecified atom stereocenters. The SMILES string of the molecule is CN1CCCC2(CNN2S)C1. The Morgan fingerprint density at radius 3 is 2.73 bits per heavy atom. The van der Waals surface area contributed by atoms with E-state index in [9.17, 15) is 0 Å². The maximum Gasteiger partial charge on any atom is 0.0729 e. The average Bonchev–Trinajstić information content (AvgIpc) is 2.02. The highest BCUT2D eigenvalue weighted by Crippen LogP contribution is 2.31. The van der Waals surface area contributed by atoms with E-state index in [4.69, 9.17) is 0 Å². The predicted molar refractivity (Wildman–Crippen MR) is 48.3 cm³/mol. The molecule has 64 valence electrons. The Labute approximate surface area is 73.2 Å². The number of hydrogen-bond donors (Lipinski definition) is 2. The van der Waals surface area contributed by atoms with Crippen molar-refractivity contribution in [3.63, 3.8) is 0 Å². The summed E-state index contributed by atoms with van der Waals surface area (Å²) in [6.45, 7) is 3.49. The van der Waals surface area contributed by atoms with Gasteiger partial charge in [-0.1, -0.05) is 12.8 Å². The van der Waals surface area contributed by atoms with Gasteiger partial charge in [-0.25, -0.2) is 5.43 Å². The van der Waals surface area contributed by atoms with Crippen LogP contribution < -0.4 is 5.43 Å². The lowest BCUT2D eigenvalue weighted by molar-refractivity contribution is -0.0222. The molecule has 1 N–H and O–H groups in total. The molecule has 1 atom stereocenters. The van der Waals surface area contributed by atoms with Gasteiger partial charge in [0.05, 0.1) is 5.54 Å². The number of nitrogens with zero attached hydrogens (tertiary/aromatic N) is 2. The van der Waals surface area contributed by atoms with Crippen molar-refractivity contribution in [2.75, 3.05) is 26.7 Å². The fourth-order valence-electron chi connectivity index (χ4n) is 2.03. The van der Waals surface area contributed by atoms with Crippen LogP contribution in [0.3, 0.4) is 0 Å². The van der Waals surface area contributed by atoms with Crippen molar-refractivity contribution in [3.8, 4) is 0 Å². The Hall–Kier alpha value is 0.230. The maximum atomic E-state index is 4.35. The molecule has 1 spiro atoms. The zero-order valence-electron chi connectivity index (χ0n) is 6.88. The third-order valence-electron chi connectivity index (χ3n) is 2.75. The van der Waals surface area contributed by atoms with Crippen molar-refractivity contribution < 1.29 is 0 Å². The van der Waals surface area contributed by atoms with Crippen LogP contribution in [0.25, 0.3) is 0 Å². The van der Waals surface area contributed by atoms with Gasteiger partial charge in [0.25, 0.3) is 0 Å². The van der Waals surface area contributed by atoms with Gasteiger partial charge in [0.15, 0.2) is 0 Å². The smallest absolute Gasteiger partial charge is 0.0729 e. The van der Waals surface area contributed by atoms with Crippen molar-refractivity contribution in [1.82, 2.24) is 14.7 Å². The van der Waals surface area contributed by atoms with E-state index >= 15 is 0 Å². The zero-order chi connectivity index (χ0) is 7.90. The van der Waals surface area contributed by atoms with Gasteiger partial charge in [-0.2, -0.15) is 4.41 Å². The highest BCUT2D eigenvalue weighted by atomic mass is 32.1. The quantitative estimate of drug-likeness (QED) is 0.507. The minimum Gasteiger partial charge on any atom is -0.304 e. The molecule has 0 aliphatic carbocycles. The van der Waals surface area contributed by atoms with Crippen molar-refractivity contribution in [3.05, 3.63) is 0 Å². The third-order valence-corrected chi connectivity index (χ3v) is 3.32. The van der Waals surface area contributed by atoms with E-state index in [1.54, 1.807) is 0 Å². The lowest BCUT2D eigenvalue weighted by Gasteiger charge is -2.54. The monoisotopic (exact) mass is 173 g/mol. The van der Waals surface area contributed by atoms with Crippen LogP contribution >= 0.6 is 12.8 Å². The molecule has 0 aromatic carbocycles. The van der Waals surface area contributed by atoms with Crippen LogP contribution in [0.2, 0.25) is 0 Å². The number of hydrazine groups is 1. The standard InChI is InChI=1S/C7H15N3S/c1-9-4-2-3-7(6-9)5-8-10(7)11/h8,11H,2-6H2,1H3. The van der Waals surface area contributed by atoms with Crippen molar-refractivity contribution in [2.24, 2.45) is 0 Å². The molecule has 2 saturated heterocycles. The molecule has 0 aromatic heterocycles. The molecule has 0 saturated carbocycles. The van der Waals surface area contributed by atoms with Crippen LogP contribution in [0.5, 0.6) is 0 Å². The fourth-order valence-corrected chi connectivity index (χ4v) is 2.33. The highest BCUT2D eigenvalue weighted by Gasteiger charge is 2.45. The summed E-state index contributed by atoms with van der Waals surface area (Å²) in [4.78, 5) is 2.38. The summed E-state index contributed by atoms with van der Waals surface area (Å²) in [5, 5.41) is 0. The normalized spacial score (nSPS) is 40.9. The van der Waals surface area contributed by atoms with E-state index in [2.05, 4.69) is 30.2 Å². The summed E-state index contributed by atoms with van der Waals surface area (Å²) in [7, 11) is 2.18. The second-order valence-electron chi connectivity index (χ2n) is 3.71. The lowest BCUT2D eigenvalue weighted by Crippen LogP contribution is -2.72. The number of hydrogen-bond acceptors (Lipinski definition) is 4. The van der Waals surface area contributed by atoms with E-state index in [1.165, 1.54) is 19.4 Å². The number of likely N-dealkylation sites (N-methyl/N-ethyl adjacent to an activating group) is 1. The molecule has 0 radical (unpaired) electrons. The minimum atomic E-state index is 0.343. The summed E-state index contributed by atoms with van der Waals surface area (Å²) in [6, 6.07) is 0. The number of thiol groups is 1. The summed E-state index contributed by atoms with van der Waals surface area (Å²) in [6.07, 6.45) is 2.59. The van der Waals surface area contributed by atoms with Crippen LogP contribution in [0.4, 0.5) is 0 Å². The van der Waals surface area contributed by atoms with E-state index in [0.29, 0.717) is 5.54 Å². The third kappa shape index (κ3) is 1.18. The summed E-state index contributed by atoms with van der Waals surface area (Å²) in [5.41, 5.74) is 3.50. The Bertz CT molecular complexity index is 164. The predicted octanol–water partition coefficient (Wildman–Crippen LogP) is 0.116. The molecular formula is C7H15N3S. The Morgan fingerprint density at radius 1 is 1.55 bits per heavy atom. The highest BCUT2D eigenvalue weighted by molar-refractivity contribution is 7.77. The van der Waals surface area contributed by atoms with E-state index in [1.807, 2.05) is 4.41 Å². The van der Waals surface area contributed by atoms with Gasteiger partial charge < -0.3 is 4.90 Å². The van der Waals surface area contributed by atoms with Crippen molar-refractivity contribution in [1.29, 1.82) is 0 Å². The number of likely N-dealkylation sites (tertiary alicyclic amines) is 1. The minimum absolute atomic E-state index is 0.343.